The number of methoxy groups -OCH3 is 1. The van der Waals surface area contributed by atoms with Gasteiger partial charge in [0.2, 0.25) is 0 Å². The molecule has 45 heavy (non-hydrogen) atoms. The fraction of sp³-hybridized carbons (Fsp3) is 0.419. The van der Waals surface area contributed by atoms with E-state index in [0.29, 0.717) is 36.9 Å². The first kappa shape index (κ1) is 30.0. The van der Waals surface area contributed by atoms with Gasteiger partial charge in [-0.15, -0.1) is 15.9 Å². The fourth-order valence-electron chi connectivity index (χ4n) is 7.08. The van der Waals surface area contributed by atoms with Crippen LogP contribution >= 0.6 is 10.8 Å². The summed E-state index contributed by atoms with van der Waals surface area (Å²) in [5, 5.41) is 13.0. The average molecular weight is 643 g/mol. The van der Waals surface area contributed by atoms with Gasteiger partial charge in [-0.05, 0) is 66.5 Å². The topological polar surface area (TPSA) is 119 Å². The van der Waals surface area contributed by atoms with Crippen molar-refractivity contribution in [2.24, 2.45) is 13.0 Å². The SMILES string of the molecule is COC(=O)c1cnn(-c2cccc3c2CCC3N2CC(C)Cc3ccc(C(F)(F)F)cc3S2(O)O)c1[C@@H]1C[C@H]1c1cn(C)nn1. The minimum atomic E-state index is -4.61. The highest BCUT2D eigenvalue weighted by Crippen LogP contribution is 2.61. The number of hydrogen-bond acceptors (Lipinski definition) is 8. The first-order chi connectivity index (χ1) is 21.4. The van der Waals surface area contributed by atoms with Gasteiger partial charge in [-0.1, -0.05) is 30.3 Å². The molecule has 0 spiro atoms. The number of aryl methyl sites for hydroxylation is 1. The minimum Gasteiger partial charge on any atom is -0.465 e. The maximum atomic E-state index is 13.7. The first-order valence-electron chi connectivity index (χ1n) is 14.8. The molecule has 2 unspecified atom stereocenters. The lowest BCUT2D eigenvalue weighted by Crippen LogP contribution is -2.33. The number of ether oxygens (including phenoxy) is 1. The molecular formula is C31H33F3N6O4S. The van der Waals surface area contributed by atoms with E-state index in [1.54, 1.807) is 20.7 Å². The molecule has 7 rings (SSSR count). The molecule has 1 fully saturated rings. The zero-order valence-electron chi connectivity index (χ0n) is 24.9. The van der Waals surface area contributed by atoms with E-state index in [1.807, 2.05) is 31.3 Å². The average Bonchev–Trinajstić information content (AvgIpc) is 3.30. The molecule has 2 aromatic heterocycles. The Balaban J connectivity index is 1.29. The molecule has 4 aromatic rings. The molecule has 0 bridgehead atoms. The number of alkyl halides is 3. The molecule has 0 saturated heterocycles. The summed E-state index contributed by atoms with van der Waals surface area (Å²) in [5.41, 5.74) is 4.10. The van der Waals surface area contributed by atoms with E-state index in [4.69, 9.17) is 4.74 Å². The molecule has 1 aliphatic heterocycles. The number of hydrogen-bond donors (Lipinski definition) is 2. The van der Waals surface area contributed by atoms with Crippen molar-refractivity contribution in [3.05, 3.63) is 88.0 Å². The Labute approximate surface area is 259 Å². The summed E-state index contributed by atoms with van der Waals surface area (Å²) in [7, 11) is -0.629. The molecule has 238 valence electrons. The predicted molar refractivity (Wildman–Crippen MR) is 159 cm³/mol. The lowest BCUT2D eigenvalue weighted by Gasteiger charge is -2.46. The third kappa shape index (κ3) is 5.03. The number of aromatic nitrogens is 5. The third-order valence-corrected chi connectivity index (χ3v) is 11.2. The van der Waals surface area contributed by atoms with Crippen molar-refractivity contribution in [1.29, 1.82) is 0 Å². The number of nitrogens with zero attached hydrogens (tertiary/aromatic N) is 6. The molecule has 10 nitrogen and oxygen atoms in total. The van der Waals surface area contributed by atoms with Crippen LogP contribution < -0.4 is 0 Å². The molecule has 2 aliphatic carbocycles. The number of halogens is 3. The largest absolute Gasteiger partial charge is 0.465 e. The van der Waals surface area contributed by atoms with Gasteiger partial charge in [-0.3, -0.25) is 13.8 Å². The van der Waals surface area contributed by atoms with Crippen molar-refractivity contribution in [3.8, 4) is 5.69 Å². The van der Waals surface area contributed by atoms with Gasteiger partial charge in [0, 0.05) is 31.6 Å². The zero-order valence-corrected chi connectivity index (χ0v) is 25.7. The van der Waals surface area contributed by atoms with Gasteiger partial charge in [0.05, 0.1) is 46.9 Å². The highest BCUT2D eigenvalue weighted by molar-refractivity contribution is 8.22. The maximum Gasteiger partial charge on any atom is 0.416 e. The van der Waals surface area contributed by atoms with E-state index in [2.05, 4.69) is 15.4 Å². The van der Waals surface area contributed by atoms with Gasteiger partial charge in [0.15, 0.2) is 0 Å². The Morgan fingerprint density at radius 2 is 1.96 bits per heavy atom. The predicted octanol–water partition coefficient (Wildman–Crippen LogP) is 6.28. The van der Waals surface area contributed by atoms with Gasteiger partial charge >= 0.3 is 12.1 Å². The van der Waals surface area contributed by atoms with Gasteiger partial charge in [0.1, 0.15) is 5.56 Å². The Morgan fingerprint density at radius 1 is 1.16 bits per heavy atom. The number of fused-ring (bicyclic) bond motifs is 2. The second kappa shape index (κ2) is 10.7. The molecule has 0 radical (unpaired) electrons. The van der Waals surface area contributed by atoms with E-state index >= 15 is 0 Å². The summed E-state index contributed by atoms with van der Waals surface area (Å²) in [6.45, 7) is 2.27. The third-order valence-electron chi connectivity index (χ3n) is 9.22. The van der Waals surface area contributed by atoms with Crippen LogP contribution in [0, 0.1) is 5.92 Å². The summed E-state index contributed by atoms with van der Waals surface area (Å²) in [6, 6.07) is 8.55. The van der Waals surface area contributed by atoms with E-state index in [-0.39, 0.29) is 22.6 Å². The van der Waals surface area contributed by atoms with E-state index < -0.39 is 34.5 Å². The molecular weight excluding hydrogens is 609 g/mol. The fourth-order valence-corrected chi connectivity index (χ4v) is 9.16. The Hall–Kier alpha value is -3.72. The first-order valence-corrected chi connectivity index (χ1v) is 16.3. The summed E-state index contributed by atoms with van der Waals surface area (Å²) in [4.78, 5) is 12.8. The number of carbonyl (C=O) groups is 1. The summed E-state index contributed by atoms with van der Waals surface area (Å²) < 4.78 is 74.6. The van der Waals surface area contributed by atoms with Crippen molar-refractivity contribution in [2.45, 2.75) is 61.6 Å². The molecule has 3 aliphatic rings. The molecule has 1 saturated carbocycles. The van der Waals surface area contributed by atoms with Crippen LogP contribution in [-0.2, 0) is 30.8 Å². The second-order valence-corrected chi connectivity index (χ2v) is 14.2. The van der Waals surface area contributed by atoms with Crippen LogP contribution in [0.1, 0.15) is 81.6 Å². The van der Waals surface area contributed by atoms with Crippen LogP contribution in [0.3, 0.4) is 0 Å². The highest BCUT2D eigenvalue weighted by atomic mass is 32.3. The molecule has 2 aromatic carbocycles. The van der Waals surface area contributed by atoms with E-state index in [0.717, 1.165) is 46.8 Å². The van der Waals surface area contributed by atoms with Gasteiger partial charge in [-0.25, -0.2) is 9.48 Å². The zero-order chi connectivity index (χ0) is 31.8. The Bertz CT molecular complexity index is 1800. The van der Waals surface area contributed by atoms with Gasteiger partial charge in [0.25, 0.3) is 0 Å². The monoisotopic (exact) mass is 642 g/mol. The van der Waals surface area contributed by atoms with Crippen molar-refractivity contribution in [3.63, 3.8) is 0 Å². The van der Waals surface area contributed by atoms with Crippen molar-refractivity contribution < 1.29 is 31.8 Å². The number of rotatable bonds is 5. The van der Waals surface area contributed by atoms with Crippen molar-refractivity contribution in [2.75, 3.05) is 13.7 Å². The van der Waals surface area contributed by atoms with Crippen LogP contribution in [0.15, 0.2) is 53.7 Å². The quantitative estimate of drug-likeness (QED) is 0.244. The highest BCUT2D eigenvalue weighted by Gasteiger charge is 2.47. The molecule has 0 amide bonds. The second-order valence-electron chi connectivity index (χ2n) is 12.3. The van der Waals surface area contributed by atoms with Crippen molar-refractivity contribution in [1.82, 2.24) is 29.1 Å². The number of esters is 1. The lowest BCUT2D eigenvalue weighted by molar-refractivity contribution is -0.137. The van der Waals surface area contributed by atoms with Gasteiger partial charge < -0.3 is 4.74 Å². The van der Waals surface area contributed by atoms with E-state index in [9.17, 15) is 27.1 Å². The maximum absolute atomic E-state index is 13.7. The standard InChI is InChI=1S/C31H33F3N6O4S/c1-17-11-18-7-8-19(31(32,33)34)12-28(18)45(42,43)39(15-17)26-10-9-21-20(26)5-4-6-27(21)40-29(24(14-35-40)30(41)44-3)23-13-22(23)25-16-38(2)37-36-25/h4-8,12,14,16-17,22-23,26,42-43H,9-11,13,15H2,1-3H3/t17?,22-,23-,26?/m1/s1. The minimum absolute atomic E-state index is 0.0328. The van der Waals surface area contributed by atoms with Crippen LogP contribution in [0.25, 0.3) is 5.69 Å². The van der Waals surface area contributed by atoms with Gasteiger partial charge in [-0.2, -0.15) is 22.6 Å². The lowest BCUT2D eigenvalue weighted by atomic mass is 9.99. The molecule has 14 heteroatoms. The smallest absolute Gasteiger partial charge is 0.416 e. The van der Waals surface area contributed by atoms with Crippen LogP contribution in [0.2, 0.25) is 0 Å². The van der Waals surface area contributed by atoms with Crippen LogP contribution in [0.5, 0.6) is 0 Å². The Kier molecular flexibility index (Phi) is 7.11. The molecule has 4 atom stereocenters. The van der Waals surface area contributed by atoms with Crippen LogP contribution in [0.4, 0.5) is 13.2 Å². The van der Waals surface area contributed by atoms with Crippen LogP contribution in [-0.4, -0.2) is 57.8 Å². The normalized spacial score (nSPS) is 24.9. The van der Waals surface area contributed by atoms with Crippen molar-refractivity contribution >= 4 is 16.7 Å². The summed E-state index contributed by atoms with van der Waals surface area (Å²) >= 11 is 0. The van der Waals surface area contributed by atoms with E-state index in [1.165, 1.54) is 19.4 Å². The molecule has 2 N–H and O–H groups in total. The number of benzene rings is 2. The Morgan fingerprint density at radius 3 is 2.67 bits per heavy atom. The summed E-state index contributed by atoms with van der Waals surface area (Å²) in [5.74, 6) is -0.495. The summed E-state index contributed by atoms with van der Waals surface area (Å²) in [6.07, 6.45) is 1.08. The number of carbonyl (C=O) groups excluding carboxylic acids is 1. The molecule has 3 heterocycles.